The molecule has 2 atom stereocenters. The minimum absolute atomic E-state index is 0.0143. The van der Waals surface area contributed by atoms with Crippen molar-refractivity contribution >= 4 is 11.7 Å². The molecule has 0 amide bonds. The fourth-order valence-corrected chi connectivity index (χ4v) is 4.07. The van der Waals surface area contributed by atoms with Gasteiger partial charge >= 0.3 is 5.97 Å². The first-order chi connectivity index (χ1) is 14.9. The second-order valence-electron chi connectivity index (χ2n) is 8.02. The van der Waals surface area contributed by atoms with E-state index in [1.807, 2.05) is 44.2 Å². The standard InChI is InChI=1S/C25H22FN3O2/c1-14-7-16(11-27)8-15(2)24(14)17-3-5-22(26)18(9-17)12-28-19-4-6-23(29-13-19)20-10-21(20)25(30)31/h3-9,13,20-21,28H,10,12H2,1-2H3,(H,30,31)/t20-,21-/m0/s1. The van der Waals surface area contributed by atoms with Gasteiger partial charge in [0.05, 0.1) is 29.4 Å². The van der Waals surface area contributed by atoms with E-state index >= 15 is 0 Å². The average molecular weight is 415 g/mol. The summed E-state index contributed by atoms with van der Waals surface area (Å²) in [7, 11) is 0. The summed E-state index contributed by atoms with van der Waals surface area (Å²) >= 11 is 0. The van der Waals surface area contributed by atoms with Crippen molar-refractivity contribution in [1.29, 1.82) is 5.26 Å². The van der Waals surface area contributed by atoms with Crippen molar-refractivity contribution in [1.82, 2.24) is 4.98 Å². The van der Waals surface area contributed by atoms with E-state index in [0.29, 0.717) is 17.5 Å². The molecule has 0 spiro atoms. The van der Waals surface area contributed by atoms with E-state index in [0.717, 1.165) is 33.6 Å². The topological polar surface area (TPSA) is 86.0 Å². The van der Waals surface area contributed by atoms with Crippen LogP contribution in [0.2, 0.25) is 0 Å². The van der Waals surface area contributed by atoms with Crippen molar-refractivity contribution < 1.29 is 14.3 Å². The summed E-state index contributed by atoms with van der Waals surface area (Å²) in [6, 6.07) is 14.6. The van der Waals surface area contributed by atoms with Gasteiger partial charge in [0.1, 0.15) is 5.82 Å². The van der Waals surface area contributed by atoms with E-state index in [-0.39, 0.29) is 24.2 Å². The summed E-state index contributed by atoms with van der Waals surface area (Å²) < 4.78 is 14.5. The Labute approximate surface area is 180 Å². The van der Waals surface area contributed by atoms with Crippen LogP contribution >= 0.6 is 0 Å². The number of anilines is 1. The van der Waals surface area contributed by atoms with Crippen LogP contribution in [-0.4, -0.2) is 16.1 Å². The van der Waals surface area contributed by atoms with Gasteiger partial charge in [-0.05, 0) is 78.9 Å². The van der Waals surface area contributed by atoms with Gasteiger partial charge in [0.25, 0.3) is 0 Å². The van der Waals surface area contributed by atoms with Crippen LogP contribution in [0.3, 0.4) is 0 Å². The predicted octanol–water partition coefficient (Wildman–Crippen LogP) is 5.18. The van der Waals surface area contributed by atoms with Crippen LogP contribution < -0.4 is 5.32 Å². The first-order valence-electron chi connectivity index (χ1n) is 10.1. The number of hydrogen-bond acceptors (Lipinski definition) is 4. The lowest BCUT2D eigenvalue weighted by Crippen LogP contribution is -2.04. The van der Waals surface area contributed by atoms with Crippen LogP contribution in [0.5, 0.6) is 0 Å². The number of carbonyl (C=O) groups is 1. The van der Waals surface area contributed by atoms with E-state index in [2.05, 4.69) is 16.4 Å². The number of benzene rings is 2. The van der Waals surface area contributed by atoms with Crippen molar-refractivity contribution in [2.75, 3.05) is 5.32 Å². The van der Waals surface area contributed by atoms with E-state index in [4.69, 9.17) is 10.4 Å². The number of aromatic nitrogens is 1. The Kier molecular flexibility index (Phi) is 5.43. The third kappa shape index (κ3) is 4.26. The summed E-state index contributed by atoms with van der Waals surface area (Å²) in [5.41, 5.74) is 6.51. The summed E-state index contributed by atoms with van der Waals surface area (Å²) in [5, 5.41) is 21.4. The van der Waals surface area contributed by atoms with Crippen molar-refractivity contribution in [2.24, 2.45) is 5.92 Å². The van der Waals surface area contributed by atoms with Gasteiger partial charge in [-0.2, -0.15) is 5.26 Å². The highest BCUT2D eigenvalue weighted by atomic mass is 19.1. The third-order valence-electron chi connectivity index (χ3n) is 5.75. The third-order valence-corrected chi connectivity index (χ3v) is 5.75. The number of carboxylic acids is 1. The zero-order chi connectivity index (χ0) is 22.1. The SMILES string of the molecule is Cc1cc(C#N)cc(C)c1-c1ccc(F)c(CNc2ccc([C@H]3C[C@@H]3C(=O)O)nc2)c1. The molecule has 2 N–H and O–H groups in total. The fraction of sp³-hybridized carbons (Fsp3) is 0.240. The van der Waals surface area contributed by atoms with E-state index in [1.54, 1.807) is 12.3 Å². The van der Waals surface area contributed by atoms with Crippen molar-refractivity contribution in [3.05, 3.63) is 82.4 Å². The molecule has 1 aromatic heterocycles. The first kappa shape index (κ1) is 20.5. The maximum absolute atomic E-state index is 14.5. The molecular weight excluding hydrogens is 393 g/mol. The Balaban J connectivity index is 1.50. The lowest BCUT2D eigenvalue weighted by Gasteiger charge is -2.14. The van der Waals surface area contributed by atoms with Gasteiger partial charge in [0, 0.05) is 23.7 Å². The van der Waals surface area contributed by atoms with E-state index in [9.17, 15) is 9.18 Å². The van der Waals surface area contributed by atoms with Crippen LogP contribution in [0.25, 0.3) is 11.1 Å². The number of carboxylic acid groups (broad SMARTS) is 1. The number of nitrogens with zero attached hydrogens (tertiary/aromatic N) is 2. The number of pyridine rings is 1. The molecule has 0 radical (unpaired) electrons. The fourth-order valence-electron chi connectivity index (χ4n) is 4.07. The lowest BCUT2D eigenvalue weighted by atomic mass is 9.92. The number of halogens is 1. The molecule has 1 heterocycles. The smallest absolute Gasteiger partial charge is 0.307 e. The summed E-state index contributed by atoms with van der Waals surface area (Å²) in [5.74, 6) is -1.43. The van der Waals surface area contributed by atoms with E-state index in [1.165, 1.54) is 6.07 Å². The highest BCUT2D eigenvalue weighted by Gasteiger charge is 2.45. The number of nitriles is 1. The van der Waals surface area contributed by atoms with Crippen LogP contribution in [0.1, 0.15) is 40.3 Å². The van der Waals surface area contributed by atoms with Gasteiger partial charge in [-0.3, -0.25) is 9.78 Å². The van der Waals surface area contributed by atoms with Gasteiger partial charge in [0.15, 0.2) is 0 Å². The number of aliphatic carboxylic acids is 1. The maximum atomic E-state index is 14.5. The van der Waals surface area contributed by atoms with Crippen molar-refractivity contribution in [3.63, 3.8) is 0 Å². The summed E-state index contributed by atoms with van der Waals surface area (Å²) in [4.78, 5) is 15.4. The lowest BCUT2D eigenvalue weighted by molar-refractivity contribution is -0.138. The van der Waals surface area contributed by atoms with Gasteiger partial charge in [0.2, 0.25) is 0 Å². The second-order valence-corrected chi connectivity index (χ2v) is 8.02. The average Bonchev–Trinajstić information content (AvgIpc) is 3.55. The molecule has 31 heavy (non-hydrogen) atoms. The maximum Gasteiger partial charge on any atom is 0.307 e. The molecule has 3 aromatic rings. The molecule has 1 fully saturated rings. The van der Waals surface area contributed by atoms with Crippen molar-refractivity contribution in [2.45, 2.75) is 32.7 Å². The molecule has 4 rings (SSSR count). The molecule has 1 aliphatic carbocycles. The Morgan fingerprint density at radius 3 is 2.55 bits per heavy atom. The minimum atomic E-state index is -0.780. The molecule has 0 aliphatic heterocycles. The molecule has 0 unspecified atom stereocenters. The van der Waals surface area contributed by atoms with Gasteiger partial charge in [-0.15, -0.1) is 0 Å². The molecular formula is C25H22FN3O2. The molecule has 0 saturated heterocycles. The molecule has 1 saturated carbocycles. The largest absolute Gasteiger partial charge is 0.481 e. The normalized spacial score (nSPS) is 17.1. The number of hydrogen-bond donors (Lipinski definition) is 2. The second kappa shape index (κ2) is 8.19. The Morgan fingerprint density at radius 1 is 1.23 bits per heavy atom. The number of aryl methyl sites for hydroxylation is 2. The number of nitrogens with one attached hydrogen (secondary N) is 1. The Morgan fingerprint density at radius 2 is 1.97 bits per heavy atom. The van der Waals surface area contributed by atoms with Gasteiger partial charge in [-0.1, -0.05) is 6.07 Å². The molecule has 156 valence electrons. The number of rotatable bonds is 6. The molecule has 0 bridgehead atoms. The Bertz CT molecular complexity index is 1180. The zero-order valence-electron chi connectivity index (χ0n) is 17.3. The molecule has 1 aliphatic rings. The first-order valence-corrected chi connectivity index (χ1v) is 10.1. The zero-order valence-corrected chi connectivity index (χ0v) is 17.3. The Hall–Kier alpha value is -3.72. The van der Waals surface area contributed by atoms with Crippen LogP contribution in [0, 0.1) is 36.9 Å². The monoisotopic (exact) mass is 415 g/mol. The highest BCUT2D eigenvalue weighted by Crippen LogP contribution is 2.46. The van der Waals surface area contributed by atoms with Gasteiger partial charge in [-0.25, -0.2) is 4.39 Å². The van der Waals surface area contributed by atoms with Crippen LogP contribution in [0.15, 0.2) is 48.7 Å². The molecule has 6 heteroatoms. The van der Waals surface area contributed by atoms with Gasteiger partial charge < -0.3 is 10.4 Å². The minimum Gasteiger partial charge on any atom is -0.481 e. The predicted molar refractivity (Wildman–Crippen MR) is 116 cm³/mol. The molecule has 2 aromatic carbocycles. The van der Waals surface area contributed by atoms with Crippen LogP contribution in [-0.2, 0) is 11.3 Å². The summed E-state index contributed by atoms with van der Waals surface area (Å²) in [6.07, 6.45) is 2.28. The highest BCUT2D eigenvalue weighted by molar-refractivity contribution is 5.75. The quantitative estimate of drug-likeness (QED) is 0.580. The van der Waals surface area contributed by atoms with Crippen molar-refractivity contribution in [3.8, 4) is 17.2 Å². The molecule has 5 nitrogen and oxygen atoms in total. The summed E-state index contributed by atoms with van der Waals surface area (Å²) in [6.45, 7) is 4.19. The van der Waals surface area contributed by atoms with Crippen LogP contribution in [0.4, 0.5) is 10.1 Å². The van der Waals surface area contributed by atoms with E-state index < -0.39 is 5.97 Å².